The molecule has 0 aliphatic rings. The van der Waals surface area contributed by atoms with Crippen LogP contribution >= 0.6 is 0 Å². The fraction of sp³-hybridized carbons (Fsp3) is 0.778. The van der Waals surface area contributed by atoms with Crippen molar-refractivity contribution in [2.24, 2.45) is 0 Å². The molecule has 0 fully saturated rings. The number of hydrogen-bond acceptors (Lipinski definition) is 2. The number of rotatable bonds is 12. The molecule has 1 atom stereocenters. The number of aryl methyl sites for hydroxylation is 1. The maximum absolute atomic E-state index is 5.57. The highest BCUT2D eigenvalue weighted by atomic mass is 16.3. The zero-order valence-electron chi connectivity index (χ0n) is 13.7. The number of furan rings is 1. The van der Waals surface area contributed by atoms with Crippen LogP contribution in [-0.4, -0.2) is 6.54 Å². The fourth-order valence-electron chi connectivity index (χ4n) is 2.87. The van der Waals surface area contributed by atoms with Crippen LogP contribution in [0.5, 0.6) is 0 Å². The van der Waals surface area contributed by atoms with Crippen molar-refractivity contribution in [1.29, 1.82) is 0 Å². The fourth-order valence-corrected chi connectivity index (χ4v) is 2.87. The third kappa shape index (κ3) is 6.13. The van der Waals surface area contributed by atoms with Gasteiger partial charge in [0.1, 0.15) is 5.76 Å². The Labute approximate surface area is 125 Å². The molecule has 2 nitrogen and oxygen atoms in total. The molecule has 0 aliphatic carbocycles. The first kappa shape index (κ1) is 17.3. The molecule has 1 N–H and O–H groups in total. The van der Waals surface area contributed by atoms with Gasteiger partial charge >= 0.3 is 0 Å². The molecule has 1 aromatic rings. The zero-order chi connectivity index (χ0) is 14.6. The van der Waals surface area contributed by atoms with Crippen molar-refractivity contribution < 1.29 is 4.42 Å². The maximum atomic E-state index is 5.57. The summed E-state index contributed by atoms with van der Waals surface area (Å²) in [6.07, 6.45) is 13.7. The van der Waals surface area contributed by atoms with E-state index >= 15 is 0 Å². The Kier molecular flexibility index (Phi) is 9.48. The van der Waals surface area contributed by atoms with Crippen LogP contribution in [-0.2, 0) is 6.42 Å². The van der Waals surface area contributed by atoms with Gasteiger partial charge in [0, 0.05) is 18.0 Å². The first-order valence-corrected chi connectivity index (χ1v) is 8.63. The molecule has 2 heteroatoms. The summed E-state index contributed by atoms with van der Waals surface area (Å²) in [6, 6.07) is 2.62. The number of nitrogens with one attached hydrogen (secondary N) is 1. The lowest BCUT2D eigenvalue weighted by Crippen LogP contribution is -2.21. The Hall–Kier alpha value is -0.760. The van der Waals surface area contributed by atoms with Crippen LogP contribution in [0.1, 0.15) is 89.5 Å². The van der Waals surface area contributed by atoms with E-state index in [0.29, 0.717) is 6.04 Å². The van der Waals surface area contributed by atoms with Gasteiger partial charge < -0.3 is 9.73 Å². The summed E-state index contributed by atoms with van der Waals surface area (Å²) >= 11 is 0. The largest absolute Gasteiger partial charge is 0.469 e. The monoisotopic (exact) mass is 279 g/mol. The Morgan fingerprint density at radius 2 is 1.70 bits per heavy atom. The van der Waals surface area contributed by atoms with Gasteiger partial charge in [0.15, 0.2) is 0 Å². The van der Waals surface area contributed by atoms with Crippen molar-refractivity contribution in [3.05, 3.63) is 23.7 Å². The Morgan fingerprint density at radius 1 is 1.00 bits per heavy atom. The molecule has 0 aromatic carbocycles. The summed E-state index contributed by atoms with van der Waals surface area (Å²) in [5.41, 5.74) is 1.38. The Balaban J connectivity index is 2.29. The van der Waals surface area contributed by atoms with Crippen molar-refractivity contribution in [3.8, 4) is 0 Å². The minimum Gasteiger partial charge on any atom is -0.469 e. The standard InChI is InChI=1S/C18H33NO/c1-4-7-8-9-10-11-12-13-17(19-6-3)16-14-15-20-18(16)5-2/h14-15,17,19H,4-13H2,1-3H3. The van der Waals surface area contributed by atoms with Crippen molar-refractivity contribution in [2.45, 2.75) is 84.6 Å². The highest BCUT2D eigenvalue weighted by Gasteiger charge is 2.15. The molecule has 0 radical (unpaired) electrons. The molecule has 1 rings (SSSR count). The smallest absolute Gasteiger partial charge is 0.108 e. The highest BCUT2D eigenvalue weighted by Crippen LogP contribution is 2.25. The van der Waals surface area contributed by atoms with E-state index in [9.17, 15) is 0 Å². The first-order chi connectivity index (χ1) is 9.83. The maximum Gasteiger partial charge on any atom is 0.108 e. The Morgan fingerprint density at radius 3 is 2.35 bits per heavy atom. The molecule has 116 valence electrons. The van der Waals surface area contributed by atoms with Gasteiger partial charge in [0.05, 0.1) is 6.26 Å². The van der Waals surface area contributed by atoms with Gasteiger partial charge in [-0.1, -0.05) is 65.7 Å². The van der Waals surface area contributed by atoms with Crippen LogP contribution in [0.4, 0.5) is 0 Å². The molecule has 0 amide bonds. The third-order valence-electron chi connectivity index (χ3n) is 4.02. The zero-order valence-corrected chi connectivity index (χ0v) is 13.7. The second kappa shape index (κ2) is 11.0. The molecule has 0 saturated heterocycles. The van der Waals surface area contributed by atoms with Crippen molar-refractivity contribution in [3.63, 3.8) is 0 Å². The van der Waals surface area contributed by atoms with Gasteiger partial charge in [0.2, 0.25) is 0 Å². The molecule has 1 heterocycles. The summed E-state index contributed by atoms with van der Waals surface area (Å²) in [5, 5.41) is 3.61. The molecule has 0 aliphatic heterocycles. The first-order valence-electron chi connectivity index (χ1n) is 8.63. The number of hydrogen-bond donors (Lipinski definition) is 1. The average Bonchev–Trinajstić information content (AvgIpc) is 2.93. The van der Waals surface area contributed by atoms with E-state index in [1.165, 1.54) is 56.9 Å². The predicted octanol–water partition coefficient (Wildman–Crippen LogP) is 5.63. The Bertz CT molecular complexity index is 332. The summed E-state index contributed by atoms with van der Waals surface area (Å²) in [5.74, 6) is 1.15. The lowest BCUT2D eigenvalue weighted by atomic mass is 9.99. The molecule has 0 saturated carbocycles. The molecule has 0 bridgehead atoms. The topological polar surface area (TPSA) is 25.2 Å². The summed E-state index contributed by atoms with van der Waals surface area (Å²) < 4.78 is 5.57. The van der Waals surface area contributed by atoms with Gasteiger partial charge in [0.25, 0.3) is 0 Å². The van der Waals surface area contributed by atoms with Crippen LogP contribution in [0.15, 0.2) is 16.7 Å². The molecule has 1 aromatic heterocycles. The van der Waals surface area contributed by atoms with Gasteiger partial charge in [-0.2, -0.15) is 0 Å². The minimum atomic E-state index is 0.476. The van der Waals surface area contributed by atoms with E-state index in [1.807, 2.05) is 6.26 Å². The van der Waals surface area contributed by atoms with Gasteiger partial charge in [-0.05, 0) is 19.0 Å². The van der Waals surface area contributed by atoms with Gasteiger partial charge in [-0.15, -0.1) is 0 Å². The van der Waals surface area contributed by atoms with E-state index in [1.54, 1.807) is 0 Å². The quantitative estimate of drug-likeness (QED) is 0.501. The summed E-state index contributed by atoms with van der Waals surface area (Å²) in [6.45, 7) is 7.65. The normalized spacial score (nSPS) is 12.8. The van der Waals surface area contributed by atoms with Crippen molar-refractivity contribution >= 4 is 0 Å². The third-order valence-corrected chi connectivity index (χ3v) is 4.02. The molecular weight excluding hydrogens is 246 g/mol. The number of unbranched alkanes of at least 4 members (excludes halogenated alkanes) is 6. The van der Waals surface area contributed by atoms with Crippen LogP contribution < -0.4 is 5.32 Å². The van der Waals surface area contributed by atoms with Crippen molar-refractivity contribution in [1.82, 2.24) is 5.32 Å². The lowest BCUT2D eigenvalue weighted by molar-refractivity contribution is 0.455. The summed E-state index contributed by atoms with van der Waals surface area (Å²) in [4.78, 5) is 0. The van der Waals surface area contributed by atoms with Crippen LogP contribution in [0.3, 0.4) is 0 Å². The average molecular weight is 279 g/mol. The van der Waals surface area contributed by atoms with Crippen LogP contribution in [0.2, 0.25) is 0 Å². The second-order valence-corrected chi connectivity index (χ2v) is 5.67. The summed E-state index contributed by atoms with van der Waals surface area (Å²) in [7, 11) is 0. The van der Waals surface area contributed by atoms with E-state index < -0.39 is 0 Å². The SMILES string of the molecule is CCCCCCCCCC(NCC)c1ccoc1CC. The second-order valence-electron chi connectivity index (χ2n) is 5.67. The minimum absolute atomic E-state index is 0.476. The van der Waals surface area contributed by atoms with E-state index in [4.69, 9.17) is 4.42 Å². The van der Waals surface area contributed by atoms with E-state index in [0.717, 1.165) is 18.7 Å². The van der Waals surface area contributed by atoms with Crippen LogP contribution in [0.25, 0.3) is 0 Å². The molecule has 1 unspecified atom stereocenters. The van der Waals surface area contributed by atoms with Crippen molar-refractivity contribution in [2.75, 3.05) is 6.54 Å². The molecule has 20 heavy (non-hydrogen) atoms. The van der Waals surface area contributed by atoms with Gasteiger partial charge in [-0.3, -0.25) is 0 Å². The lowest BCUT2D eigenvalue weighted by Gasteiger charge is -2.17. The molecule has 0 spiro atoms. The van der Waals surface area contributed by atoms with E-state index in [-0.39, 0.29) is 0 Å². The highest BCUT2D eigenvalue weighted by molar-refractivity contribution is 5.21. The van der Waals surface area contributed by atoms with Crippen LogP contribution in [0, 0.1) is 0 Å². The predicted molar refractivity (Wildman–Crippen MR) is 87.1 cm³/mol. The van der Waals surface area contributed by atoms with Gasteiger partial charge in [-0.25, -0.2) is 0 Å². The molecular formula is C18H33NO. The van der Waals surface area contributed by atoms with E-state index in [2.05, 4.69) is 32.2 Å².